The van der Waals surface area contributed by atoms with Crippen LogP contribution in [0.2, 0.25) is 0 Å². The Hall–Kier alpha value is -2.19. The molecule has 0 saturated carbocycles. The number of anilines is 1. The molecule has 6 heteroatoms. The molecule has 0 bridgehead atoms. The highest BCUT2D eigenvalue weighted by Crippen LogP contribution is 2.26. The van der Waals surface area contributed by atoms with Gasteiger partial charge in [0, 0.05) is 19.3 Å². The van der Waals surface area contributed by atoms with Crippen molar-refractivity contribution in [3.63, 3.8) is 0 Å². The Morgan fingerprint density at radius 2 is 1.81 bits per heavy atom. The zero-order valence-corrected chi connectivity index (χ0v) is 17.1. The standard InChI is InChI=1S/C20H12BrIN2O2/c21-13-7-10-16(22)15(11-13)19(25)23-14-8-5-12(6-9-14)20-24-17-3-1-2-4-18(17)26-20/h1-11H,(H,23,25). The maximum atomic E-state index is 12.5. The van der Waals surface area contributed by atoms with E-state index >= 15 is 0 Å². The number of carbonyl (C=O) groups excluding carboxylic acids is 1. The van der Waals surface area contributed by atoms with Gasteiger partial charge in [-0.15, -0.1) is 0 Å². The first-order valence-electron chi connectivity index (χ1n) is 7.82. The van der Waals surface area contributed by atoms with E-state index in [9.17, 15) is 4.79 Å². The van der Waals surface area contributed by atoms with Crippen LogP contribution in [0.25, 0.3) is 22.6 Å². The topological polar surface area (TPSA) is 55.1 Å². The zero-order valence-electron chi connectivity index (χ0n) is 13.4. The molecule has 1 amide bonds. The third-order valence-corrected chi connectivity index (χ3v) is 5.29. The van der Waals surface area contributed by atoms with Crippen LogP contribution in [0.1, 0.15) is 10.4 Å². The number of fused-ring (bicyclic) bond motifs is 1. The van der Waals surface area contributed by atoms with Gasteiger partial charge in [-0.05, 0) is 77.2 Å². The predicted molar refractivity (Wildman–Crippen MR) is 114 cm³/mol. The number of para-hydroxylation sites is 2. The van der Waals surface area contributed by atoms with Crippen molar-refractivity contribution in [2.24, 2.45) is 0 Å². The van der Waals surface area contributed by atoms with Crippen LogP contribution in [0.15, 0.2) is 75.6 Å². The molecular weight excluding hydrogens is 507 g/mol. The van der Waals surface area contributed by atoms with Crippen molar-refractivity contribution >= 4 is 61.2 Å². The molecule has 0 unspecified atom stereocenters. The molecule has 0 saturated heterocycles. The summed E-state index contributed by atoms with van der Waals surface area (Å²) in [6, 6.07) is 20.7. The van der Waals surface area contributed by atoms with E-state index in [1.165, 1.54) is 0 Å². The molecule has 1 heterocycles. The van der Waals surface area contributed by atoms with Gasteiger partial charge >= 0.3 is 0 Å². The van der Waals surface area contributed by atoms with E-state index < -0.39 is 0 Å². The van der Waals surface area contributed by atoms with Gasteiger partial charge in [-0.25, -0.2) is 4.98 Å². The van der Waals surface area contributed by atoms with Gasteiger partial charge in [0.1, 0.15) is 5.52 Å². The van der Waals surface area contributed by atoms with E-state index in [0.29, 0.717) is 17.1 Å². The molecule has 1 aromatic heterocycles. The normalized spacial score (nSPS) is 10.8. The summed E-state index contributed by atoms with van der Waals surface area (Å²) in [5.74, 6) is 0.413. The summed E-state index contributed by atoms with van der Waals surface area (Å²) in [6.07, 6.45) is 0. The number of nitrogens with one attached hydrogen (secondary N) is 1. The average Bonchev–Trinajstić information content (AvgIpc) is 3.08. The molecule has 1 N–H and O–H groups in total. The molecule has 4 rings (SSSR count). The molecule has 26 heavy (non-hydrogen) atoms. The third kappa shape index (κ3) is 3.52. The maximum absolute atomic E-state index is 12.5. The van der Waals surface area contributed by atoms with Crippen molar-refractivity contribution in [2.75, 3.05) is 5.32 Å². The van der Waals surface area contributed by atoms with Crippen LogP contribution in [0.3, 0.4) is 0 Å². The van der Waals surface area contributed by atoms with Crippen LogP contribution in [-0.2, 0) is 0 Å². The first kappa shape index (κ1) is 17.2. The predicted octanol–water partition coefficient (Wildman–Crippen LogP) is 6.11. The first-order chi connectivity index (χ1) is 12.6. The van der Waals surface area contributed by atoms with Gasteiger partial charge in [-0.1, -0.05) is 28.1 Å². The second kappa shape index (κ2) is 7.20. The molecule has 0 atom stereocenters. The van der Waals surface area contributed by atoms with E-state index in [0.717, 1.165) is 24.7 Å². The highest BCUT2D eigenvalue weighted by molar-refractivity contribution is 14.1. The van der Waals surface area contributed by atoms with Gasteiger partial charge < -0.3 is 9.73 Å². The summed E-state index contributed by atoms with van der Waals surface area (Å²) in [5.41, 5.74) is 3.78. The quantitative estimate of drug-likeness (QED) is 0.333. The Morgan fingerprint density at radius 1 is 1.04 bits per heavy atom. The number of hydrogen-bond acceptors (Lipinski definition) is 3. The number of amides is 1. The fraction of sp³-hybridized carbons (Fsp3) is 0. The molecule has 4 aromatic rings. The van der Waals surface area contributed by atoms with Crippen LogP contribution in [0.5, 0.6) is 0 Å². The smallest absolute Gasteiger partial charge is 0.256 e. The van der Waals surface area contributed by atoms with Gasteiger partial charge in [-0.3, -0.25) is 4.79 Å². The Kier molecular flexibility index (Phi) is 4.78. The van der Waals surface area contributed by atoms with Crippen LogP contribution < -0.4 is 5.32 Å². The number of carbonyl (C=O) groups is 1. The lowest BCUT2D eigenvalue weighted by atomic mass is 10.2. The van der Waals surface area contributed by atoms with Gasteiger partial charge in [0.15, 0.2) is 5.58 Å². The fourth-order valence-corrected chi connectivity index (χ4v) is 3.50. The molecule has 128 valence electrons. The molecule has 0 spiro atoms. The molecule has 0 radical (unpaired) electrons. The van der Waals surface area contributed by atoms with Crippen molar-refractivity contribution < 1.29 is 9.21 Å². The van der Waals surface area contributed by atoms with Crippen molar-refractivity contribution in [2.45, 2.75) is 0 Å². The first-order valence-corrected chi connectivity index (χ1v) is 9.70. The van der Waals surface area contributed by atoms with Crippen molar-refractivity contribution in [1.82, 2.24) is 4.98 Å². The van der Waals surface area contributed by atoms with Gasteiger partial charge in [0.05, 0.1) is 5.56 Å². The number of oxazole rings is 1. The Bertz CT molecular complexity index is 1070. The van der Waals surface area contributed by atoms with Crippen LogP contribution >= 0.6 is 38.5 Å². The largest absolute Gasteiger partial charge is 0.436 e. The minimum atomic E-state index is -0.148. The molecule has 3 aromatic carbocycles. The van der Waals surface area contributed by atoms with E-state index in [4.69, 9.17) is 4.42 Å². The summed E-state index contributed by atoms with van der Waals surface area (Å²) in [7, 11) is 0. The number of benzene rings is 3. The van der Waals surface area contributed by atoms with Crippen LogP contribution in [0, 0.1) is 3.57 Å². The summed E-state index contributed by atoms with van der Waals surface area (Å²) < 4.78 is 7.53. The maximum Gasteiger partial charge on any atom is 0.256 e. The Labute approximate surface area is 171 Å². The minimum absolute atomic E-state index is 0.148. The number of halogens is 2. The second-order valence-corrected chi connectivity index (χ2v) is 7.72. The summed E-state index contributed by atoms with van der Waals surface area (Å²) >= 11 is 5.55. The molecule has 0 aliphatic rings. The lowest BCUT2D eigenvalue weighted by Gasteiger charge is -2.08. The molecule has 0 aliphatic heterocycles. The minimum Gasteiger partial charge on any atom is -0.436 e. The zero-order chi connectivity index (χ0) is 18.1. The fourth-order valence-electron chi connectivity index (χ4n) is 2.56. The van der Waals surface area contributed by atoms with Crippen molar-refractivity contribution in [1.29, 1.82) is 0 Å². The lowest BCUT2D eigenvalue weighted by Crippen LogP contribution is -2.13. The van der Waals surface area contributed by atoms with Crippen LogP contribution in [-0.4, -0.2) is 10.9 Å². The lowest BCUT2D eigenvalue weighted by molar-refractivity contribution is 0.102. The van der Waals surface area contributed by atoms with E-state index in [1.54, 1.807) is 0 Å². The molecule has 0 fully saturated rings. The molecule has 0 aliphatic carbocycles. The average molecular weight is 519 g/mol. The SMILES string of the molecule is O=C(Nc1ccc(-c2nc3ccccc3o2)cc1)c1cc(Br)ccc1I. The van der Waals surface area contributed by atoms with Gasteiger partial charge in [0.25, 0.3) is 5.91 Å². The molecule has 4 nitrogen and oxygen atoms in total. The van der Waals surface area contributed by atoms with Crippen molar-refractivity contribution in [3.8, 4) is 11.5 Å². The Morgan fingerprint density at radius 3 is 2.58 bits per heavy atom. The van der Waals surface area contributed by atoms with E-state index in [2.05, 4.69) is 48.8 Å². The highest BCUT2D eigenvalue weighted by atomic mass is 127. The van der Waals surface area contributed by atoms with Crippen molar-refractivity contribution in [3.05, 3.63) is 80.3 Å². The van der Waals surface area contributed by atoms with E-state index in [1.807, 2.05) is 66.7 Å². The number of aromatic nitrogens is 1. The summed E-state index contributed by atoms with van der Waals surface area (Å²) in [6.45, 7) is 0. The van der Waals surface area contributed by atoms with Crippen LogP contribution in [0.4, 0.5) is 5.69 Å². The van der Waals surface area contributed by atoms with E-state index in [-0.39, 0.29) is 5.91 Å². The highest BCUT2D eigenvalue weighted by Gasteiger charge is 2.12. The second-order valence-electron chi connectivity index (χ2n) is 5.64. The summed E-state index contributed by atoms with van der Waals surface area (Å²) in [5, 5.41) is 2.92. The molecular formula is C20H12BrIN2O2. The summed E-state index contributed by atoms with van der Waals surface area (Å²) in [4.78, 5) is 17.0. The monoisotopic (exact) mass is 518 g/mol. The number of nitrogens with zero attached hydrogens (tertiary/aromatic N) is 1. The van der Waals surface area contributed by atoms with Gasteiger partial charge in [-0.2, -0.15) is 0 Å². The number of hydrogen-bond donors (Lipinski definition) is 1. The third-order valence-electron chi connectivity index (χ3n) is 3.86. The van der Waals surface area contributed by atoms with Gasteiger partial charge in [0.2, 0.25) is 5.89 Å². The number of rotatable bonds is 3. The Balaban J connectivity index is 1.56.